The standard InChI is InChI=1S/C15H14FN5/c1-10-7-8-17-20(10)15-18-14-12(16)9-13(21(14)19-15)11-5-3-2-4-6-11/h2-8,12-13H,9H2,1H3. The molecule has 0 fully saturated rings. The summed E-state index contributed by atoms with van der Waals surface area (Å²) in [4.78, 5) is 4.33. The first-order valence-corrected chi connectivity index (χ1v) is 6.90. The lowest BCUT2D eigenvalue weighted by Gasteiger charge is -2.11. The van der Waals surface area contributed by atoms with Gasteiger partial charge in [0.1, 0.15) is 0 Å². The fourth-order valence-corrected chi connectivity index (χ4v) is 2.79. The number of rotatable bonds is 2. The topological polar surface area (TPSA) is 48.5 Å². The number of aromatic nitrogens is 5. The van der Waals surface area contributed by atoms with Gasteiger partial charge in [0.15, 0.2) is 12.0 Å². The molecule has 21 heavy (non-hydrogen) atoms. The number of alkyl halides is 1. The van der Waals surface area contributed by atoms with Gasteiger partial charge in [-0.15, -0.1) is 5.10 Å². The van der Waals surface area contributed by atoms with Crippen LogP contribution in [0.5, 0.6) is 0 Å². The Bertz CT molecular complexity index is 776. The van der Waals surface area contributed by atoms with Crippen molar-refractivity contribution in [1.82, 2.24) is 24.5 Å². The van der Waals surface area contributed by atoms with E-state index in [1.807, 2.05) is 43.3 Å². The zero-order valence-electron chi connectivity index (χ0n) is 11.5. The minimum atomic E-state index is -1.09. The molecule has 0 radical (unpaired) electrons. The second-order valence-electron chi connectivity index (χ2n) is 5.23. The van der Waals surface area contributed by atoms with Crippen molar-refractivity contribution in [3.63, 3.8) is 0 Å². The Kier molecular flexibility index (Phi) is 2.63. The Morgan fingerprint density at radius 3 is 2.71 bits per heavy atom. The summed E-state index contributed by atoms with van der Waals surface area (Å²) in [6.07, 6.45) is 0.980. The number of hydrogen-bond donors (Lipinski definition) is 0. The molecular weight excluding hydrogens is 269 g/mol. The highest BCUT2D eigenvalue weighted by atomic mass is 19.1. The summed E-state index contributed by atoms with van der Waals surface area (Å²) in [7, 11) is 0. The lowest BCUT2D eigenvalue weighted by atomic mass is 10.0. The molecule has 0 spiro atoms. The van der Waals surface area contributed by atoms with E-state index in [1.165, 1.54) is 0 Å². The van der Waals surface area contributed by atoms with Crippen molar-refractivity contribution >= 4 is 0 Å². The van der Waals surface area contributed by atoms with Gasteiger partial charge in [0.05, 0.1) is 6.04 Å². The van der Waals surface area contributed by atoms with E-state index < -0.39 is 6.17 Å². The molecule has 0 bridgehead atoms. The average molecular weight is 283 g/mol. The van der Waals surface area contributed by atoms with Crippen LogP contribution in [-0.4, -0.2) is 24.5 Å². The molecule has 2 unspecified atom stereocenters. The molecule has 0 saturated carbocycles. The molecule has 6 heteroatoms. The van der Waals surface area contributed by atoms with Crippen molar-refractivity contribution in [3.05, 3.63) is 59.7 Å². The van der Waals surface area contributed by atoms with Gasteiger partial charge in [-0.05, 0) is 18.6 Å². The van der Waals surface area contributed by atoms with Gasteiger partial charge in [-0.1, -0.05) is 30.3 Å². The van der Waals surface area contributed by atoms with E-state index in [2.05, 4.69) is 15.2 Å². The highest BCUT2D eigenvalue weighted by Crippen LogP contribution is 2.39. The molecule has 2 aromatic heterocycles. The lowest BCUT2D eigenvalue weighted by molar-refractivity contribution is 0.328. The van der Waals surface area contributed by atoms with Gasteiger partial charge in [-0.2, -0.15) is 10.1 Å². The molecule has 3 heterocycles. The van der Waals surface area contributed by atoms with E-state index in [4.69, 9.17) is 0 Å². The number of halogens is 1. The van der Waals surface area contributed by atoms with E-state index in [0.717, 1.165) is 11.3 Å². The van der Waals surface area contributed by atoms with Crippen LogP contribution in [0.2, 0.25) is 0 Å². The summed E-state index contributed by atoms with van der Waals surface area (Å²) >= 11 is 0. The maximum absolute atomic E-state index is 14.3. The second kappa shape index (κ2) is 4.51. The van der Waals surface area contributed by atoms with Crippen molar-refractivity contribution in [2.24, 2.45) is 0 Å². The Labute approximate surface area is 121 Å². The fraction of sp³-hybridized carbons (Fsp3) is 0.267. The van der Waals surface area contributed by atoms with Gasteiger partial charge in [0.2, 0.25) is 0 Å². The van der Waals surface area contributed by atoms with E-state index in [-0.39, 0.29) is 6.04 Å². The molecule has 5 nitrogen and oxygen atoms in total. The summed E-state index contributed by atoms with van der Waals surface area (Å²) in [5, 5.41) is 8.65. The maximum Gasteiger partial charge on any atom is 0.270 e. The van der Waals surface area contributed by atoms with Crippen LogP contribution in [0.25, 0.3) is 5.95 Å². The minimum absolute atomic E-state index is 0.103. The van der Waals surface area contributed by atoms with Gasteiger partial charge in [0.25, 0.3) is 5.95 Å². The number of aryl methyl sites for hydroxylation is 1. The third-order valence-corrected chi connectivity index (χ3v) is 3.86. The minimum Gasteiger partial charge on any atom is -0.239 e. The molecule has 0 amide bonds. The third kappa shape index (κ3) is 1.86. The molecule has 2 atom stereocenters. The zero-order valence-corrected chi connectivity index (χ0v) is 11.5. The molecule has 1 aliphatic heterocycles. The van der Waals surface area contributed by atoms with Crippen LogP contribution in [0.15, 0.2) is 42.6 Å². The second-order valence-corrected chi connectivity index (χ2v) is 5.23. The van der Waals surface area contributed by atoms with E-state index in [1.54, 1.807) is 15.6 Å². The van der Waals surface area contributed by atoms with Gasteiger partial charge < -0.3 is 0 Å². The van der Waals surface area contributed by atoms with Crippen molar-refractivity contribution < 1.29 is 4.39 Å². The first-order valence-electron chi connectivity index (χ1n) is 6.90. The molecule has 4 rings (SSSR count). The molecular formula is C15H14FN5. The Morgan fingerprint density at radius 2 is 2.00 bits per heavy atom. The largest absolute Gasteiger partial charge is 0.270 e. The maximum atomic E-state index is 14.3. The molecule has 1 aromatic carbocycles. The molecule has 0 aliphatic carbocycles. The highest BCUT2D eigenvalue weighted by Gasteiger charge is 2.35. The third-order valence-electron chi connectivity index (χ3n) is 3.86. The van der Waals surface area contributed by atoms with Crippen molar-refractivity contribution in [1.29, 1.82) is 0 Å². The number of fused-ring (bicyclic) bond motifs is 1. The van der Waals surface area contributed by atoms with Crippen LogP contribution in [-0.2, 0) is 0 Å². The van der Waals surface area contributed by atoms with Crippen molar-refractivity contribution in [2.45, 2.75) is 25.6 Å². The Balaban J connectivity index is 1.80. The first kappa shape index (κ1) is 12.3. The molecule has 106 valence electrons. The highest BCUT2D eigenvalue weighted by molar-refractivity contribution is 5.25. The van der Waals surface area contributed by atoms with Gasteiger partial charge in [-0.25, -0.2) is 13.8 Å². The number of benzene rings is 1. The van der Waals surface area contributed by atoms with Gasteiger partial charge in [0, 0.05) is 18.3 Å². The van der Waals surface area contributed by atoms with E-state index in [9.17, 15) is 4.39 Å². The Hall–Kier alpha value is -2.50. The van der Waals surface area contributed by atoms with Gasteiger partial charge in [-0.3, -0.25) is 0 Å². The van der Waals surface area contributed by atoms with E-state index in [0.29, 0.717) is 18.2 Å². The summed E-state index contributed by atoms with van der Waals surface area (Å²) in [6.45, 7) is 1.92. The lowest BCUT2D eigenvalue weighted by Crippen LogP contribution is -2.09. The average Bonchev–Trinajstić information content (AvgIpc) is 3.17. The van der Waals surface area contributed by atoms with Crippen molar-refractivity contribution in [2.75, 3.05) is 0 Å². The summed E-state index contributed by atoms with van der Waals surface area (Å²) in [5.41, 5.74) is 1.97. The zero-order chi connectivity index (χ0) is 14.4. The SMILES string of the molecule is Cc1ccnn1-c1nc2n(n1)C(c1ccccc1)CC2F. The summed E-state index contributed by atoms with van der Waals surface area (Å²) in [6, 6.07) is 11.6. The summed E-state index contributed by atoms with van der Waals surface area (Å²) in [5.74, 6) is 0.810. The fourth-order valence-electron chi connectivity index (χ4n) is 2.79. The van der Waals surface area contributed by atoms with Gasteiger partial charge >= 0.3 is 0 Å². The predicted molar refractivity (Wildman–Crippen MR) is 74.9 cm³/mol. The van der Waals surface area contributed by atoms with Crippen LogP contribution < -0.4 is 0 Å². The molecule has 0 saturated heterocycles. The van der Waals surface area contributed by atoms with Crippen LogP contribution in [0.3, 0.4) is 0 Å². The summed E-state index contributed by atoms with van der Waals surface area (Å²) < 4.78 is 17.6. The smallest absolute Gasteiger partial charge is 0.239 e. The monoisotopic (exact) mass is 283 g/mol. The van der Waals surface area contributed by atoms with Crippen LogP contribution in [0, 0.1) is 6.92 Å². The Morgan fingerprint density at radius 1 is 1.19 bits per heavy atom. The predicted octanol–water partition coefficient (Wildman–Crippen LogP) is 2.78. The van der Waals surface area contributed by atoms with Crippen LogP contribution in [0.1, 0.15) is 35.7 Å². The molecule has 3 aromatic rings. The van der Waals surface area contributed by atoms with Crippen molar-refractivity contribution in [3.8, 4) is 5.95 Å². The normalized spacial score (nSPS) is 20.7. The quantitative estimate of drug-likeness (QED) is 0.726. The van der Waals surface area contributed by atoms with E-state index >= 15 is 0 Å². The van der Waals surface area contributed by atoms with Crippen LogP contribution in [0.4, 0.5) is 4.39 Å². The number of nitrogens with zero attached hydrogens (tertiary/aromatic N) is 5. The molecule has 0 N–H and O–H groups in total. The first-order chi connectivity index (χ1) is 10.2. The van der Waals surface area contributed by atoms with Crippen LogP contribution >= 0.6 is 0 Å². The number of hydrogen-bond acceptors (Lipinski definition) is 3. The molecule has 1 aliphatic rings.